The van der Waals surface area contributed by atoms with Gasteiger partial charge in [-0.15, -0.1) is 0 Å². The van der Waals surface area contributed by atoms with Gasteiger partial charge in [-0.25, -0.2) is 0 Å². The number of benzene rings is 2. The van der Waals surface area contributed by atoms with Crippen molar-refractivity contribution in [2.75, 3.05) is 6.61 Å². The van der Waals surface area contributed by atoms with Crippen molar-refractivity contribution in [2.45, 2.75) is 25.8 Å². The summed E-state index contributed by atoms with van der Waals surface area (Å²) in [4.78, 5) is 0. The van der Waals surface area contributed by atoms with Gasteiger partial charge in [-0.05, 0) is 36.1 Å². The first-order chi connectivity index (χ1) is 9.76. The maximum Gasteiger partial charge on any atom is 0.122 e. The summed E-state index contributed by atoms with van der Waals surface area (Å²) in [6, 6.07) is 15.1. The van der Waals surface area contributed by atoms with E-state index < -0.39 is 0 Å². The van der Waals surface area contributed by atoms with Crippen LogP contribution >= 0.6 is 0 Å². The van der Waals surface area contributed by atoms with E-state index in [1.807, 2.05) is 0 Å². The molecule has 0 fully saturated rings. The second kappa shape index (κ2) is 5.65. The summed E-state index contributed by atoms with van der Waals surface area (Å²) < 4.78 is 5.55. The molecule has 1 aliphatic heterocycles. The van der Waals surface area contributed by atoms with Crippen LogP contribution in [0.5, 0.6) is 5.75 Å². The topological polar surface area (TPSA) is 47.3 Å². The van der Waals surface area contributed by atoms with Gasteiger partial charge in [-0.3, -0.25) is 11.3 Å². The minimum Gasteiger partial charge on any atom is -0.493 e. The van der Waals surface area contributed by atoms with Crippen LogP contribution in [0.15, 0.2) is 42.5 Å². The summed E-state index contributed by atoms with van der Waals surface area (Å²) in [5.74, 6) is 6.76. The lowest BCUT2D eigenvalue weighted by Gasteiger charge is -2.17. The molecule has 0 radical (unpaired) electrons. The number of hydrazine groups is 1. The molecule has 20 heavy (non-hydrogen) atoms. The SMILES string of the molecule is Cc1ccc(CC(NN)c2ccc3c(c2)CCO3)cc1. The van der Waals surface area contributed by atoms with Crippen LogP contribution in [0.2, 0.25) is 0 Å². The standard InChI is InChI=1S/C17H20N2O/c1-12-2-4-13(5-3-12)10-16(19-18)14-6-7-17-15(11-14)8-9-20-17/h2-7,11,16,19H,8-10,18H2,1H3. The van der Waals surface area contributed by atoms with Crippen LogP contribution in [0.4, 0.5) is 0 Å². The van der Waals surface area contributed by atoms with E-state index in [1.54, 1.807) is 0 Å². The minimum atomic E-state index is 0.128. The highest BCUT2D eigenvalue weighted by molar-refractivity contribution is 5.41. The van der Waals surface area contributed by atoms with Gasteiger partial charge in [0, 0.05) is 12.5 Å². The molecule has 3 nitrogen and oxygen atoms in total. The third kappa shape index (κ3) is 2.69. The van der Waals surface area contributed by atoms with Crippen molar-refractivity contribution in [2.24, 2.45) is 5.84 Å². The molecule has 0 amide bonds. The van der Waals surface area contributed by atoms with Crippen LogP contribution in [-0.2, 0) is 12.8 Å². The molecule has 0 saturated heterocycles. The van der Waals surface area contributed by atoms with Crippen LogP contribution in [-0.4, -0.2) is 6.61 Å². The fraction of sp³-hybridized carbons (Fsp3) is 0.294. The number of aryl methyl sites for hydroxylation is 1. The number of hydrogen-bond donors (Lipinski definition) is 2. The quantitative estimate of drug-likeness (QED) is 0.662. The lowest BCUT2D eigenvalue weighted by molar-refractivity contribution is 0.356. The van der Waals surface area contributed by atoms with Crippen LogP contribution in [0.3, 0.4) is 0 Å². The summed E-state index contributed by atoms with van der Waals surface area (Å²) in [6.07, 6.45) is 1.88. The first-order valence-electron chi connectivity index (χ1n) is 7.03. The van der Waals surface area contributed by atoms with E-state index >= 15 is 0 Å². The molecule has 0 aromatic heterocycles. The molecule has 3 rings (SSSR count). The number of nitrogens with one attached hydrogen (secondary N) is 1. The van der Waals surface area contributed by atoms with Gasteiger partial charge < -0.3 is 4.74 Å². The Morgan fingerprint density at radius 1 is 1.20 bits per heavy atom. The van der Waals surface area contributed by atoms with E-state index in [4.69, 9.17) is 10.6 Å². The number of rotatable bonds is 4. The van der Waals surface area contributed by atoms with Gasteiger partial charge in [0.15, 0.2) is 0 Å². The Balaban J connectivity index is 1.81. The highest BCUT2D eigenvalue weighted by Gasteiger charge is 2.16. The van der Waals surface area contributed by atoms with Gasteiger partial charge in [0.05, 0.1) is 6.61 Å². The van der Waals surface area contributed by atoms with Crippen molar-refractivity contribution in [1.82, 2.24) is 5.43 Å². The fourth-order valence-corrected chi connectivity index (χ4v) is 2.66. The number of ether oxygens (including phenoxy) is 1. The van der Waals surface area contributed by atoms with Crippen LogP contribution in [0, 0.1) is 6.92 Å². The maximum atomic E-state index is 5.75. The van der Waals surface area contributed by atoms with E-state index in [2.05, 4.69) is 54.8 Å². The summed E-state index contributed by atoms with van der Waals surface area (Å²) >= 11 is 0. The average molecular weight is 268 g/mol. The Kier molecular flexibility index (Phi) is 3.72. The summed E-state index contributed by atoms with van der Waals surface area (Å²) in [5, 5.41) is 0. The number of nitrogens with two attached hydrogens (primary N) is 1. The first-order valence-corrected chi connectivity index (χ1v) is 7.03. The Morgan fingerprint density at radius 3 is 2.75 bits per heavy atom. The molecular formula is C17H20N2O. The van der Waals surface area contributed by atoms with Crippen LogP contribution in [0.1, 0.15) is 28.3 Å². The van der Waals surface area contributed by atoms with E-state index in [-0.39, 0.29) is 6.04 Å². The van der Waals surface area contributed by atoms with Gasteiger partial charge in [0.25, 0.3) is 0 Å². The summed E-state index contributed by atoms with van der Waals surface area (Å²) in [7, 11) is 0. The third-order valence-electron chi connectivity index (χ3n) is 3.88. The normalized spacial score (nSPS) is 14.7. The first kappa shape index (κ1) is 13.2. The van der Waals surface area contributed by atoms with Crippen molar-refractivity contribution in [1.29, 1.82) is 0 Å². The predicted molar refractivity (Wildman–Crippen MR) is 80.6 cm³/mol. The molecule has 0 spiro atoms. The maximum absolute atomic E-state index is 5.75. The Hall–Kier alpha value is -1.84. The smallest absolute Gasteiger partial charge is 0.122 e. The molecule has 1 atom stereocenters. The highest BCUT2D eigenvalue weighted by Crippen LogP contribution is 2.29. The summed E-state index contributed by atoms with van der Waals surface area (Å²) in [6.45, 7) is 2.89. The van der Waals surface area contributed by atoms with E-state index in [1.165, 1.54) is 22.3 Å². The average Bonchev–Trinajstić information content (AvgIpc) is 2.94. The molecule has 1 aliphatic rings. The van der Waals surface area contributed by atoms with E-state index in [9.17, 15) is 0 Å². The largest absolute Gasteiger partial charge is 0.493 e. The van der Waals surface area contributed by atoms with Crippen LogP contribution in [0.25, 0.3) is 0 Å². The zero-order chi connectivity index (χ0) is 13.9. The lowest BCUT2D eigenvalue weighted by Crippen LogP contribution is -2.29. The Morgan fingerprint density at radius 2 is 2.00 bits per heavy atom. The van der Waals surface area contributed by atoms with Gasteiger partial charge >= 0.3 is 0 Å². The third-order valence-corrected chi connectivity index (χ3v) is 3.88. The Bertz CT molecular complexity index is 592. The minimum absolute atomic E-state index is 0.128. The molecule has 2 aromatic rings. The molecule has 3 N–H and O–H groups in total. The van der Waals surface area contributed by atoms with Gasteiger partial charge in [-0.1, -0.05) is 42.0 Å². The van der Waals surface area contributed by atoms with Crippen molar-refractivity contribution in [3.8, 4) is 5.75 Å². The second-order valence-electron chi connectivity index (χ2n) is 5.37. The second-order valence-corrected chi connectivity index (χ2v) is 5.37. The van der Waals surface area contributed by atoms with Crippen molar-refractivity contribution >= 4 is 0 Å². The zero-order valence-electron chi connectivity index (χ0n) is 11.7. The molecular weight excluding hydrogens is 248 g/mol. The van der Waals surface area contributed by atoms with Gasteiger partial charge in [-0.2, -0.15) is 0 Å². The number of fused-ring (bicyclic) bond motifs is 1. The summed E-state index contributed by atoms with van der Waals surface area (Å²) in [5.41, 5.74) is 8.00. The molecule has 3 heteroatoms. The Labute approximate surface area is 119 Å². The molecule has 1 unspecified atom stereocenters. The lowest BCUT2D eigenvalue weighted by atomic mass is 9.97. The zero-order valence-corrected chi connectivity index (χ0v) is 11.7. The molecule has 1 heterocycles. The molecule has 104 valence electrons. The molecule has 2 aromatic carbocycles. The van der Waals surface area contributed by atoms with Crippen LogP contribution < -0.4 is 16.0 Å². The van der Waals surface area contributed by atoms with E-state index in [0.29, 0.717) is 0 Å². The van der Waals surface area contributed by atoms with Crippen molar-refractivity contribution in [3.05, 3.63) is 64.7 Å². The van der Waals surface area contributed by atoms with Crippen molar-refractivity contribution < 1.29 is 4.74 Å². The monoisotopic (exact) mass is 268 g/mol. The molecule has 0 saturated carbocycles. The van der Waals surface area contributed by atoms with E-state index in [0.717, 1.165) is 25.2 Å². The molecule has 0 bridgehead atoms. The van der Waals surface area contributed by atoms with Gasteiger partial charge in [0.2, 0.25) is 0 Å². The molecule has 0 aliphatic carbocycles. The van der Waals surface area contributed by atoms with Crippen molar-refractivity contribution in [3.63, 3.8) is 0 Å². The fourth-order valence-electron chi connectivity index (χ4n) is 2.66. The predicted octanol–water partition coefficient (Wildman–Crippen LogP) is 2.68. The van der Waals surface area contributed by atoms with Gasteiger partial charge in [0.1, 0.15) is 5.75 Å². The highest BCUT2D eigenvalue weighted by atomic mass is 16.5. The number of hydrogen-bond acceptors (Lipinski definition) is 3.